The van der Waals surface area contributed by atoms with Gasteiger partial charge in [0, 0.05) is 6.07 Å². The van der Waals surface area contributed by atoms with Crippen molar-refractivity contribution in [3.8, 4) is 11.5 Å². The summed E-state index contributed by atoms with van der Waals surface area (Å²) >= 11 is 0. The van der Waals surface area contributed by atoms with Crippen LogP contribution in [0.15, 0.2) is 36.4 Å². The third-order valence-electron chi connectivity index (χ3n) is 3.37. The highest BCUT2D eigenvalue weighted by molar-refractivity contribution is 5.98. The van der Waals surface area contributed by atoms with E-state index in [0.29, 0.717) is 22.1 Å². The summed E-state index contributed by atoms with van der Waals surface area (Å²) in [5.41, 5.74) is 6.53. The topological polar surface area (TPSA) is 75.8 Å². The van der Waals surface area contributed by atoms with Crippen molar-refractivity contribution in [2.24, 2.45) is 5.73 Å². The first-order valence-corrected chi connectivity index (χ1v) is 6.50. The number of carbonyl (C=O) groups excluding carboxylic acids is 1. The predicted octanol–water partition coefficient (Wildman–Crippen LogP) is 2.36. The van der Waals surface area contributed by atoms with Crippen LogP contribution in [0.4, 0.5) is 14.5 Å². The Morgan fingerprint density at radius 3 is 2.73 bits per heavy atom. The smallest absolute Gasteiger partial charge is 0.267 e. The highest BCUT2D eigenvalue weighted by Gasteiger charge is 2.29. The van der Waals surface area contributed by atoms with E-state index in [9.17, 15) is 18.8 Å². The van der Waals surface area contributed by atoms with Gasteiger partial charge in [-0.25, -0.2) is 8.78 Å². The van der Waals surface area contributed by atoms with Gasteiger partial charge in [0.15, 0.2) is 11.6 Å². The number of hydrogen-bond donors (Lipinski definition) is 2. The summed E-state index contributed by atoms with van der Waals surface area (Å²) in [4.78, 5) is 11.6. The normalized spacial score (nSPS) is 17.4. The van der Waals surface area contributed by atoms with Crippen LogP contribution in [0, 0.1) is 11.6 Å². The monoisotopic (exact) mass is 306 g/mol. The van der Waals surface area contributed by atoms with Crippen molar-refractivity contribution in [3.63, 3.8) is 0 Å². The molecule has 1 heterocycles. The van der Waals surface area contributed by atoms with Gasteiger partial charge in [-0.1, -0.05) is 0 Å². The fraction of sp³-hybridized carbons (Fsp3) is 0.133. The summed E-state index contributed by atoms with van der Waals surface area (Å²) in [5.74, 6) is -1.95. The molecule has 0 spiro atoms. The molecular formula is C15H12F2N2O3. The van der Waals surface area contributed by atoms with Crippen LogP contribution in [0.3, 0.4) is 0 Å². The molecule has 1 aliphatic rings. The summed E-state index contributed by atoms with van der Waals surface area (Å²) in [6.07, 6.45) is 0.230. The standard InChI is InChI=1S/C15H12F2N2O3/c16-9-1-4-14(11(17)7-9)22-10-2-3-13-8(5-10)6-12(18)15(20)19(13)21/h1-5,7,12,21H,6,18H2. The first-order chi connectivity index (χ1) is 10.5. The number of rotatable bonds is 2. The van der Waals surface area contributed by atoms with Crippen LogP contribution in [-0.4, -0.2) is 17.2 Å². The minimum Gasteiger partial charge on any atom is -0.454 e. The molecular weight excluding hydrogens is 294 g/mol. The molecule has 22 heavy (non-hydrogen) atoms. The average molecular weight is 306 g/mol. The Morgan fingerprint density at radius 2 is 2.00 bits per heavy atom. The highest BCUT2D eigenvalue weighted by Crippen LogP contribution is 2.32. The molecule has 0 aliphatic carbocycles. The molecule has 0 fully saturated rings. The van der Waals surface area contributed by atoms with Gasteiger partial charge >= 0.3 is 0 Å². The maximum Gasteiger partial charge on any atom is 0.267 e. The molecule has 2 aromatic carbocycles. The SMILES string of the molecule is NC1Cc2cc(Oc3ccc(F)cc3F)ccc2N(O)C1=O. The minimum atomic E-state index is -0.852. The molecule has 0 saturated carbocycles. The first kappa shape index (κ1) is 14.4. The molecule has 5 nitrogen and oxygen atoms in total. The Balaban J connectivity index is 1.91. The van der Waals surface area contributed by atoms with Crippen molar-refractivity contribution in [1.29, 1.82) is 0 Å². The second-order valence-electron chi connectivity index (χ2n) is 4.93. The first-order valence-electron chi connectivity index (χ1n) is 6.50. The van der Waals surface area contributed by atoms with Gasteiger partial charge in [0.25, 0.3) is 5.91 Å². The summed E-state index contributed by atoms with van der Waals surface area (Å²) in [5, 5.41) is 10.2. The van der Waals surface area contributed by atoms with Crippen LogP contribution in [0.1, 0.15) is 5.56 Å². The zero-order chi connectivity index (χ0) is 15.9. The Labute approximate surface area is 124 Å². The molecule has 3 N–H and O–H groups in total. The lowest BCUT2D eigenvalue weighted by atomic mass is 9.99. The molecule has 7 heteroatoms. The van der Waals surface area contributed by atoms with Gasteiger partial charge in [-0.15, -0.1) is 0 Å². The molecule has 0 bridgehead atoms. The van der Waals surface area contributed by atoms with Gasteiger partial charge in [-0.3, -0.25) is 10.0 Å². The lowest BCUT2D eigenvalue weighted by Gasteiger charge is -2.27. The molecule has 0 saturated heterocycles. The molecule has 114 valence electrons. The van der Waals surface area contributed by atoms with Crippen molar-refractivity contribution in [3.05, 3.63) is 53.6 Å². The lowest BCUT2D eigenvalue weighted by Crippen LogP contribution is -2.47. The summed E-state index contributed by atoms with van der Waals surface area (Å²) in [7, 11) is 0. The molecule has 1 atom stereocenters. The van der Waals surface area contributed by atoms with E-state index in [1.54, 1.807) is 6.07 Å². The number of carbonyl (C=O) groups is 1. The second-order valence-corrected chi connectivity index (χ2v) is 4.93. The van der Waals surface area contributed by atoms with Crippen LogP contribution < -0.4 is 15.5 Å². The number of hydrogen-bond acceptors (Lipinski definition) is 4. The maximum absolute atomic E-state index is 13.6. The number of benzene rings is 2. The number of amides is 1. The highest BCUT2D eigenvalue weighted by atomic mass is 19.1. The van der Waals surface area contributed by atoms with Gasteiger partial charge in [0.05, 0.1) is 11.7 Å². The third kappa shape index (κ3) is 2.51. The number of ether oxygens (including phenoxy) is 1. The van der Waals surface area contributed by atoms with Crippen molar-refractivity contribution >= 4 is 11.6 Å². The zero-order valence-electron chi connectivity index (χ0n) is 11.3. The molecule has 0 radical (unpaired) electrons. The molecule has 1 amide bonds. The van der Waals surface area contributed by atoms with Crippen molar-refractivity contribution in [2.45, 2.75) is 12.5 Å². The molecule has 1 aliphatic heterocycles. The molecule has 3 rings (SSSR count). The Bertz CT molecular complexity index is 752. The zero-order valence-corrected chi connectivity index (χ0v) is 11.3. The van der Waals surface area contributed by atoms with Gasteiger partial charge in [0.2, 0.25) is 0 Å². The summed E-state index contributed by atoms with van der Waals surface area (Å²) in [6, 6.07) is 6.62. The van der Waals surface area contributed by atoms with Gasteiger partial charge in [-0.2, -0.15) is 5.06 Å². The molecule has 1 unspecified atom stereocenters. The van der Waals surface area contributed by atoms with E-state index in [-0.39, 0.29) is 12.2 Å². The number of nitrogens with two attached hydrogens (primary N) is 1. The minimum absolute atomic E-state index is 0.126. The fourth-order valence-electron chi connectivity index (χ4n) is 2.28. The van der Waals surface area contributed by atoms with E-state index in [0.717, 1.165) is 12.1 Å². The van der Waals surface area contributed by atoms with E-state index in [1.807, 2.05) is 0 Å². The predicted molar refractivity (Wildman–Crippen MR) is 73.8 cm³/mol. The summed E-state index contributed by atoms with van der Waals surface area (Å²) in [6.45, 7) is 0. The number of hydroxylamine groups is 1. The second kappa shape index (κ2) is 5.36. The van der Waals surface area contributed by atoms with Gasteiger partial charge < -0.3 is 10.5 Å². The van der Waals surface area contributed by atoms with Crippen LogP contribution >= 0.6 is 0 Å². The largest absolute Gasteiger partial charge is 0.454 e. The third-order valence-corrected chi connectivity index (χ3v) is 3.37. The average Bonchev–Trinajstić information content (AvgIpc) is 2.48. The lowest BCUT2D eigenvalue weighted by molar-refractivity contribution is -0.125. The number of halogens is 2. The van der Waals surface area contributed by atoms with E-state index >= 15 is 0 Å². The molecule has 2 aromatic rings. The number of nitrogens with zero attached hydrogens (tertiary/aromatic N) is 1. The quantitative estimate of drug-likeness (QED) is 0.835. The van der Waals surface area contributed by atoms with Crippen molar-refractivity contribution in [1.82, 2.24) is 0 Å². The van der Waals surface area contributed by atoms with E-state index in [2.05, 4.69) is 0 Å². The van der Waals surface area contributed by atoms with Crippen molar-refractivity contribution in [2.75, 3.05) is 5.06 Å². The van der Waals surface area contributed by atoms with Crippen LogP contribution in [0.5, 0.6) is 11.5 Å². The van der Waals surface area contributed by atoms with Crippen molar-refractivity contribution < 1.29 is 23.5 Å². The Kier molecular flexibility index (Phi) is 3.51. The van der Waals surface area contributed by atoms with Gasteiger partial charge in [0.1, 0.15) is 11.6 Å². The number of fused-ring (bicyclic) bond motifs is 1. The Morgan fingerprint density at radius 1 is 1.23 bits per heavy atom. The van der Waals surface area contributed by atoms with Crippen LogP contribution in [-0.2, 0) is 11.2 Å². The van der Waals surface area contributed by atoms with Crippen LogP contribution in [0.25, 0.3) is 0 Å². The van der Waals surface area contributed by atoms with E-state index < -0.39 is 23.6 Å². The maximum atomic E-state index is 13.6. The Hall–Kier alpha value is -2.51. The fourth-order valence-corrected chi connectivity index (χ4v) is 2.28. The van der Waals surface area contributed by atoms with Gasteiger partial charge in [-0.05, 0) is 42.3 Å². The van der Waals surface area contributed by atoms with E-state index in [1.165, 1.54) is 18.2 Å². The van der Waals surface area contributed by atoms with E-state index in [4.69, 9.17) is 10.5 Å². The van der Waals surface area contributed by atoms with Crippen LogP contribution in [0.2, 0.25) is 0 Å². The number of anilines is 1. The molecule has 0 aromatic heterocycles. The summed E-state index contributed by atoms with van der Waals surface area (Å²) < 4.78 is 31.8.